The van der Waals surface area contributed by atoms with Gasteiger partial charge in [-0.2, -0.15) is 4.99 Å². The highest BCUT2D eigenvalue weighted by molar-refractivity contribution is 8.18. The molecule has 0 spiro atoms. The predicted molar refractivity (Wildman–Crippen MR) is 135 cm³/mol. The minimum absolute atomic E-state index is 0.245. The number of rotatable bonds is 7. The van der Waals surface area contributed by atoms with Gasteiger partial charge in [-0.15, -0.1) is 0 Å². The smallest absolute Gasteiger partial charge is 0.279 e. The number of benzene rings is 3. The summed E-state index contributed by atoms with van der Waals surface area (Å²) in [6, 6.07) is 21.6. The van der Waals surface area contributed by atoms with Crippen LogP contribution in [0, 0.1) is 0 Å². The van der Waals surface area contributed by atoms with E-state index in [0.717, 1.165) is 22.9 Å². The second kappa shape index (κ2) is 11.0. The van der Waals surface area contributed by atoms with Crippen LogP contribution in [0.1, 0.15) is 28.4 Å². The van der Waals surface area contributed by atoms with Crippen LogP contribution in [0.4, 0.5) is 0 Å². The molecule has 1 fully saturated rings. The summed E-state index contributed by atoms with van der Waals surface area (Å²) in [4.78, 5) is 29.2. The van der Waals surface area contributed by atoms with Crippen molar-refractivity contribution in [1.29, 1.82) is 0 Å². The van der Waals surface area contributed by atoms with Crippen LogP contribution < -0.4 is 14.8 Å². The van der Waals surface area contributed by atoms with E-state index in [4.69, 9.17) is 21.1 Å². The third-order valence-electron chi connectivity index (χ3n) is 4.78. The number of halogens is 1. The van der Waals surface area contributed by atoms with Crippen molar-refractivity contribution in [2.45, 2.75) is 13.5 Å². The summed E-state index contributed by atoms with van der Waals surface area (Å²) in [6.45, 7) is 2.64. The van der Waals surface area contributed by atoms with E-state index in [-0.39, 0.29) is 11.1 Å². The van der Waals surface area contributed by atoms with Crippen LogP contribution >= 0.6 is 23.4 Å². The third kappa shape index (κ3) is 5.87. The lowest BCUT2D eigenvalue weighted by Gasteiger charge is -2.13. The van der Waals surface area contributed by atoms with E-state index in [1.54, 1.807) is 42.5 Å². The molecule has 172 valence electrons. The molecule has 0 bridgehead atoms. The highest BCUT2D eigenvalue weighted by Crippen LogP contribution is 2.33. The maximum atomic E-state index is 12.4. The number of nitrogens with one attached hydrogen (secondary N) is 1. The van der Waals surface area contributed by atoms with Gasteiger partial charge in [0.05, 0.1) is 11.5 Å². The van der Waals surface area contributed by atoms with Crippen molar-refractivity contribution in [2.24, 2.45) is 4.99 Å². The van der Waals surface area contributed by atoms with E-state index in [1.807, 2.05) is 43.3 Å². The molecule has 0 unspecified atom stereocenters. The lowest BCUT2D eigenvalue weighted by Crippen LogP contribution is -2.20. The van der Waals surface area contributed by atoms with Crippen LogP contribution in [0.15, 0.2) is 82.7 Å². The molecule has 0 saturated carbocycles. The summed E-state index contributed by atoms with van der Waals surface area (Å²) < 4.78 is 11.7. The van der Waals surface area contributed by atoms with Gasteiger partial charge < -0.3 is 14.8 Å². The van der Waals surface area contributed by atoms with Crippen LogP contribution in [0.25, 0.3) is 6.08 Å². The van der Waals surface area contributed by atoms with Crippen molar-refractivity contribution in [2.75, 3.05) is 6.61 Å². The zero-order valence-electron chi connectivity index (χ0n) is 18.3. The molecule has 4 rings (SSSR count). The van der Waals surface area contributed by atoms with E-state index in [0.29, 0.717) is 40.2 Å². The molecule has 6 nitrogen and oxygen atoms in total. The molecule has 2 amide bonds. The summed E-state index contributed by atoms with van der Waals surface area (Å²) >= 11 is 7.33. The molecule has 3 aromatic rings. The minimum Gasteiger partial charge on any atom is -0.490 e. The van der Waals surface area contributed by atoms with Crippen molar-refractivity contribution in [3.8, 4) is 11.5 Å². The number of thioether (sulfide) groups is 1. The number of aliphatic imine (C=N–C) groups is 1. The minimum atomic E-state index is -0.414. The van der Waals surface area contributed by atoms with Gasteiger partial charge in [0.1, 0.15) is 6.61 Å². The number of amidine groups is 1. The first-order chi connectivity index (χ1) is 16.5. The van der Waals surface area contributed by atoms with Crippen molar-refractivity contribution >= 4 is 46.4 Å². The Bertz CT molecular complexity index is 1270. The van der Waals surface area contributed by atoms with Gasteiger partial charge in [-0.3, -0.25) is 9.59 Å². The number of carbonyl (C=O) groups is 2. The number of hydrogen-bond acceptors (Lipinski definition) is 5. The van der Waals surface area contributed by atoms with Crippen molar-refractivity contribution in [3.05, 3.63) is 99.4 Å². The van der Waals surface area contributed by atoms with E-state index in [9.17, 15) is 9.59 Å². The van der Waals surface area contributed by atoms with Crippen LogP contribution in [-0.4, -0.2) is 23.6 Å². The van der Waals surface area contributed by atoms with Crippen LogP contribution in [0.2, 0.25) is 5.02 Å². The molecule has 8 heteroatoms. The first-order valence-corrected chi connectivity index (χ1v) is 11.7. The lowest BCUT2D eigenvalue weighted by molar-refractivity contribution is -0.115. The molecule has 0 atom stereocenters. The first-order valence-electron chi connectivity index (χ1n) is 10.6. The number of hydrogen-bond donors (Lipinski definition) is 1. The van der Waals surface area contributed by atoms with Gasteiger partial charge in [-0.25, -0.2) is 0 Å². The topological polar surface area (TPSA) is 77.0 Å². The lowest BCUT2D eigenvalue weighted by atomic mass is 10.2. The van der Waals surface area contributed by atoms with E-state index >= 15 is 0 Å². The first kappa shape index (κ1) is 23.6. The average molecular weight is 493 g/mol. The van der Waals surface area contributed by atoms with Crippen molar-refractivity contribution in [3.63, 3.8) is 0 Å². The van der Waals surface area contributed by atoms with Gasteiger partial charge in [-0.05, 0) is 60.7 Å². The fraction of sp³-hybridized carbons (Fsp3) is 0.115. The predicted octanol–water partition coefficient (Wildman–Crippen LogP) is 5.72. The Kier molecular flexibility index (Phi) is 7.67. The summed E-state index contributed by atoms with van der Waals surface area (Å²) in [5.41, 5.74) is 2.08. The largest absolute Gasteiger partial charge is 0.490 e. The molecule has 0 aromatic heterocycles. The number of ether oxygens (including phenoxy) is 2. The van der Waals surface area contributed by atoms with Gasteiger partial charge in [-0.1, -0.05) is 54.1 Å². The summed E-state index contributed by atoms with van der Waals surface area (Å²) in [5.74, 6) is 0.397. The zero-order chi connectivity index (χ0) is 23.9. The van der Waals surface area contributed by atoms with Crippen LogP contribution in [-0.2, 0) is 11.4 Å². The van der Waals surface area contributed by atoms with Crippen molar-refractivity contribution in [1.82, 2.24) is 5.32 Å². The summed E-state index contributed by atoms with van der Waals surface area (Å²) in [5, 5.41) is 3.52. The molecule has 34 heavy (non-hydrogen) atoms. The number of amides is 2. The Balaban J connectivity index is 1.50. The molecule has 1 heterocycles. The molecular formula is C26H21ClN2O4S. The fourth-order valence-electron chi connectivity index (χ4n) is 3.14. The second-order valence-electron chi connectivity index (χ2n) is 7.17. The Hall–Kier alpha value is -3.55. The number of nitrogens with zero attached hydrogens (tertiary/aromatic N) is 1. The average Bonchev–Trinajstić information content (AvgIpc) is 3.18. The molecule has 1 saturated heterocycles. The van der Waals surface area contributed by atoms with Crippen LogP contribution in [0.3, 0.4) is 0 Å². The molecule has 0 radical (unpaired) electrons. The standard InChI is InChI=1S/C26H21ClN2O4S/c1-2-32-22-14-17(12-13-21(22)33-16-19-10-6-7-11-20(19)27)15-23-25(31)29-26(34-23)28-24(30)18-8-4-3-5-9-18/h3-15H,2,16H2,1H3,(H,28,29,30,31)/b23-15-. The Labute approximate surface area is 206 Å². The van der Waals surface area contributed by atoms with Gasteiger partial charge in [0, 0.05) is 16.1 Å². The second-order valence-corrected chi connectivity index (χ2v) is 8.61. The SMILES string of the molecule is CCOc1cc(/C=C2\SC(=NC(=O)c3ccccc3)NC2=O)ccc1OCc1ccccc1Cl. The quantitative estimate of drug-likeness (QED) is 0.427. The Morgan fingerprint density at radius 1 is 1.03 bits per heavy atom. The van der Waals surface area contributed by atoms with Gasteiger partial charge in [0.25, 0.3) is 11.8 Å². The normalized spacial score (nSPS) is 15.4. The van der Waals surface area contributed by atoms with E-state index in [2.05, 4.69) is 10.3 Å². The molecule has 0 aliphatic carbocycles. The molecule has 1 N–H and O–H groups in total. The monoisotopic (exact) mass is 492 g/mol. The molecule has 1 aliphatic rings. The van der Waals surface area contributed by atoms with E-state index in [1.165, 1.54) is 0 Å². The Morgan fingerprint density at radius 2 is 1.79 bits per heavy atom. The van der Waals surface area contributed by atoms with E-state index < -0.39 is 5.91 Å². The molecular weight excluding hydrogens is 472 g/mol. The molecule has 3 aromatic carbocycles. The summed E-state index contributed by atoms with van der Waals surface area (Å²) in [6.07, 6.45) is 1.72. The van der Waals surface area contributed by atoms with Crippen molar-refractivity contribution < 1.29 is 19.1 Å². The van der Waals surface area contributed by atoms with Gasteiger partial charge in [0.15, 0.2) is 16.7 Å². The maximum Gasteiger partial charge on any atom is 0.279 e. The third-order valence-corrected chi connectivity index (χ3v) is 6.06. The van der Waals surface area contributed by atoms with Crippen LogP contribution in [0.5, 0.6) is 11.5 Å². The number of carbonyl (C=O) groups excluding carboxylic acids is 2. The molecule has 1 aliphatic heterocycles. The van der Waals surface area contributed by atoms with Gasteiger partial charge >= 0.3 is 0 Å². The zero-order valence-corrected chi connectivity index (χ0v) is 19.9. The fourth-order valence-corrected chi connectivity index (χ4v) is 4.15. The maximum absolute atomic E-state index is 12.4. The van der Waals surface area contributed by atoms with Gasteiger partial charge in [0.2, 0.25) is 0 Å². The summed E-state index contributed by atoms with van der Waals surface area (Å²) in [7, 11) is 0. The Morgan fingerprint density at radius 3 is 2.56 bits per heavy atom. The highest BCUT2D eigenvalue weighted by Gasteiger charge is 2.25. The highest BCUT2D eigenvalue weighted by atomic mass is 35.5.